The van der Waals surface area contributed by atoms with Gasteiger partial charge in [-0.3, -0.25) is 4.57 Å². The van der Waals surface area contributed by atoms with Crippen molar-refractivity contribution < 1.29 is 35.6 Å². The summed E-state index contributed by atoms with van der Waals surface area (Å²) in [6.07, 6.45) is 0. The van der Waals surface area contributed by atoms with E-state index in [1.807, 2.05) is 0 Å². The minimum atomic E-state index is -0.921. The number of benzene rings is 7. The molecule has 46 heavy (non-hydrogen) atoms. The Morgan fingerprint density at radius 2 is 1.02 bits per heavy atom. The summed E-state index contributed by atoms with van der Waals surface area (Å²) in [4.78, 5) is 9.08. The van der Waals surface area contributed by atoms with Crippen LogP contribution in [-0.4, -0.2) is 19.1 Å². The van der Waals surface area contributed by atoms with Gasteiger partial charge in [0, 0.05) is 38.2 Å². The molecule has 0 spiro atoms. The van der Waals surface area contributed by atoms with Gasteiger partial charge in [-0.25, -0.2) is 9.97 Å². The van der Waals surface area contributed by atoms with Gasteiger partial charge in [0.2, 0.25) is 5.95 Å². The minimum absolute atomic E-state index is 0.444. The van der Waals surface area contributed by atoms with E-state index in [1.54, 1.807) is 0 Å². The maximum atomic E-state index is 9.74. The van der Waals surface area contributed by atoms with Crippen LogP contribution >= 0.6 is 0 Å². The van der Waals surface area contributed by atoms with Gasteiger partial charge >= 0.3 is 0 Å². The maximum absolute atomic E-state index is 9.74. The van der Waals surface area contributed by atoms with E-state index in [4.69, 9.17) is 26.0 Å². The molecule has 0 amide bonds. The summed E-state index contributed by atoms with van der Waals surface area (Å²) >= 11 is 0. The monoisotopic (exact) mass is 612 g/mol. The van der Waals surface area contributed by atoms with E-state index in [2.05, 4.69) is 9.97 Å². The first-order valence-electron chi connectivity index (χ1n) is 26.5. The van der Waals surface area contributed by atoms with Gasteiger partial charge in [0.15, 0.2) is 0 Å². The lowest BCUT2D eigenvalue weighted by molar-refractivity contribution is 1.01. The molecule has 0 radical (unpaired) electrons. The van der Waals surface area contributed by atoms with Crippen molar-refractivity contribution in [2.24, 2.45) is 0 Å². The second kappa shape index (κ2) is 9.62. The first kappa shape index (κ1) is 10.7. The van der Waals surface area contributed by atoms with Crippen LogP contribution in [0.2, 0.25) is 0 Å². The van der Waals surface area contributed by atoms with Crippen molar-refractivity contribution >= 4 is 65.3 Å². The van der Waals surface area contributed by atoms with Crippen molar-refractivity contribution in [2.75, 3.05) is 0 Å². The van der Waals surface area contributed by atoms with Crippen LogP contribution in [0.25, 0.3) is 88.2 Å². The molecule has 0 unspecified atom stereocenters. The van der Waals surface area contributed by atoms with Crippen LogP contribution in [0.5, 0.6) is 0 Å². The summed E-state index contributed by atoms with van der Waals surface area (Å²) in [5.74, 6) is -0.823. The highest BCUT2D eigenvalue weighted by Gasteiger charge is 2.22. The number of aromatic nitrogens is 4. The highest BCUT2D eigenvalue weighted by Crippen LogP contribution is 2.42. The van der Waals surface area contributed by atoms with E-state index in [1.165, 1.54) is 0 Å². The first-order valence-corrected chi connectivity index (χ1v) is 13.5. The van der Waals surface area contributed by atoms with Crippen LogP contribution in [-0.2, 0) is 0 Å². The fraction of sp³-hybridized carbons (Fsp3) is 0. The zero-order valence-electron chi connectivity index (χ0n) is 48.8. The van der Waals surface area contributed by atoms with Gasteiger partial charge in [-0.05, 0) is 59.1 Å². The quantitative estimate of drug-likeness (QED) is 0.199. The lowest BCUT2D eigenvalue weighted by atomic mass is 10.0. The average Bonchev–Trinajstić information content (AvgIpc) is 3.89. The fourth-order valence-corrected chi connectivity index (χ4v) is 5.64. The number of hydrogen-bond donors (Lipinski definition) is 0. The molecule has 0 bridgehead atoms. The average molecular weight is 613 g/mol. The Bertz CT molecular complexity index is 4260. The van der Waals surface area contributed by atoms with Gasteiger partial charge in [-0.1, -0.05) is 109 Å². The van der Waals surface area contributed by atoms with E-state index < -0.39 is 245 Å². The molecule has 0 saturated carbocycles. The molecule has 0 aliphatic carbocycles. The van der Waals surface area contributed by atoms with Crippen LogP contribution in [0, 0.1) is 0 Å². The molecule has 0 atom stereocenters. The smallest absolute Gasteiger partial charge is 0.235 e. The summed E-state index contributed by atoms with van der Waals surface area (Å²) in [5, 5.41) is -3.60. The molecule has 4 nitrogen and oxygen atoms in total. The Hall–Kier alpha value is -6.26. The Kier molecular flexibility index (Phi) is 2.23. The minimum Gasteiger partial charge on any atom is -0.309 e. The number of nitrogens with zero attached hydrogens (tertiary/aromatic N) is 4. The molecule has 0 aliphatic heterocycles. The SMILES string of the molecule is [2H]c1c([2H])c([2H])c(-n2c3c([2H])c([2H])c([2H])c([2H])c3c3c4c5c([2H])c([2H])c([2H])c([2H])c5n(-c5nc(-c6c([2H])c([2H])c7c([2H])c([2H])c([2H])c([2H])c7c6[2H])c6c([2H])c([2H])c([2H])c([2H])c6n5)c4c([2H])c([2H])c32)c([2H])c1[2H]. The molecule has 0 N–H and O–H groups in total. The molecular weight excluding hydrogens is 560 g/mol. The molecule has 10 aromatic rings. The normalized spacial score (nSPS) is 19.8. The van der Waals surface area contributed by atoms with Gasteiger partial charge < -0.3 is 4.57 Å². The molecule has 10 rings (SSSR count). The van der Waals surface area contributed by atoms with Crippen molar-refractivity contribution in [3.63, 3.8) is 0 Å². The molecule has 4 heteroatoms. The molecule has 0 fully saturated rings. The Labute approximate surface area is 300 Å². The zero-order chi connectivity index (χ0) is 52.8. The molecule has 0 aliphatic rings. The summed E-state index contributed by atoms with van der Waals surface area (Å²) in [5.41, 5.74) is -5.15. The van der Waals surface area contributed by atoms with Gasteiger partial charge in [0.25, 0.3) is 0 Å². The highest BCUT2D eigenvalue weighted by molar-refractivity contribution is 6.28. The Balaban J connectivity index is 1.53. The van der Waals surface area contributed by atoms with E-state index in [-0.39, 0.29) is 0 Å². The van der Waals surface area contributed by atoms with E-state index in [9.17, 15) is 9.60 Å². The predicted molar refractivity (Wildman–Crippen MR) is 191 cm³/mol. The molecule has 3 heterocycles. The van der Waals surface area contributed by atoms with Gasteiger partial charge in [-0.15, -0.1) is 0 Å². The summed E-state index contributed by atoms with van der Waals surface area (Å²) in [7, 11) is 0. The lowest BCUT2D eigenvalue weighted by Crippen LogP contribution is -2.03. The summed E-state index contributed by atoms with van der Waals surface area (Å²) < 4.78 is 233. The maximum Gasteiger partial charge on any atom is 0.235 e. The second-order valence-corrected chi connectivity index (χ2v) is 9.88. The van der Waals surface area contributed by atoms with Gasteiger partial charge in [0.1, 0.15) is 0 Å². The lowest BCUT2D eigenvalue weighted by Gasteiger charge is -2.12. The topological polar surface area (TPSA) is 35.6 Å². The molecule has 0 saturated heterocycles. The summed E-state index contributed by atoms with van der Waals surface area (Å²) in [6.45, 7) is 0. The number of hydrogen-bond acceptors (Lipinski definition) is 2. The number of fused-ring (bicyclic) bond motifs is 9. The van der Waals surface area contributed by atoms with Crippen molar-refractivity contribution in [2.45, 2.75) is 0 Å². The van der Waals surface area contributed by atoms with Crippen molar-refractivity contribution in [3.8, 4) is 22.9 Å². The molecule has 7 aromatic carbocycles. The predicted octanol–water partition coefficient (Wildman–Crippen LogP) is 10.6. The van der Waals surface area contributed by atoms with Crippen LogP contribution in [0.4, 0.5) is 0 Å². The second-order valence-electron chi connectivity index (χ2n) is 9.88. The van der Waals surface area contributed by atoms with Gasteiger partial charge in [0.05, 0.1) is 68.9 Å². The number of rotatable bonds is 3. The first-order chi connectivity index (χ1) is 33.6. The van der Waals surface area contributed by atoms with Crippen molar-refractivity contribution in [3.05, 3.63) is 157 Å². The zero-order valence-corrected chi connectivity index (χ0v) is 22.8. The van der Waals surface area contributed by atoms with E-state index >= 15 is 0 Å². The molecule has 214 valence electrons. The van der Waals surface area contributed by atoms with Crippen molar-refractivity contribution in [1.82, 2.24) is 19.1 Å². The van der Waals surface area contributed by atoms with Crippen LogP contribution in [0.3, 0.4) is 0 Å². The molecular formula is C42H26N4. The third-order valence-electron chi connectivity index (χ3n) is 7.48. The Morgan fingerprint density at radius 1 is 0.435 bits per heavy atom. The Morgan fingerprint density at radius 3 is 1.78 bits per heavy atom. The standard InChI is InChI=1S/C42H26N4/c1-2-14-30(15-3-1)45-35-20-10-7-17-32(35)39-37(45)24-25-38-40(39)33-18-8-11-21-36(33)46(38)42-43-34-19-9-6-16-31(34)41(44-42)29-23-22-27-12-4-5-13-28(27)26-29/h1-26H/i1D,2D,3D,4D,5D,6D,7D,8D,9D,10D,11D,12D,13D,14D,15D,16D,17D,18D,19D,20D,21D,22D,23D,24D,25D,26D. The third-order valence-corrected chi connectivity index (χ3v) is 7.48. The third kappa shape index (κ3) is 3.55. The molecule has 3 aromatic heterocycles. The number of para-hydroxylation sites is 4. The largest absolute Gasteiger partial charge is 0.309 e. The summed E-state index contributed by atoms with van der Waals surface area (Å²) in [6, 6.07) is -22.4. The van der Waals surface area contributed by atoms with E-state index in [0.717, 1.165) is 9.13 Å². The van der Waals surface area contributed by atoms with Crippen LogP contribution < -0.4 is 0 Å². The van der Waals surface area contributed by atoms with E-state index in [0.29, 0.717) is 0 Å². The highest BCUT2D eigenvalue weighted by atomic mass is 15.2. The fourth-order valence-electron chi connectivity index (χ4n) is 5.64. The van der Waals surface area contributed by atoms with Crippen LogP contribution in [0.1, 0.15) is 35.6 Å². The van der Waals surface area contributed by atoms with Crippen LogP contribution in [0.15, 0.2) is 157 Å². The van der Waals surface area contributed by atoms with Gasteiger partial charge in [-0.2, -0.15) is 0 Å². The van der Waals surface area contributed by atoms with Crippen molar-refractivity contribution in [1.29, 1.82) is 0 Å².